The second kappa shape index (κ2) is 6.57. The molecule has 0 atom stereocenters. The molecule has 0 saturated heterocycles. The maximum absolute atomic E-state index is 12.2. The highest BCUT2D eigenvalue weighted by Gasteiger charge is 2.37. The van der Waals surface area contributed by atoms with Crippen molar-refractivity contribution in [3.63, 3.8) is 0 Å². The average molecular weight is 285 g/mol. The zero-order chi connectivity index (χ0) is 16.2. The first-order valence-corrected chi connectivity index (χ1v) is 7.12. The minimum atomic E-state index is -0.875. The number of amides is 2. The van der Waals surface area contributed by atoms with E-state index in [4.69, 9.17) is 0 Å². The molecular formula is C15H31N3O2. The summed E-state index contributed by atoms with van der Waals surface area (Å²) in [6.45, 7) is 16.4. The number of rotatable bonds is 5. The predicted octanol–water partition coefficient (Wildman–Crippen LogP) is 2.07. The van der Waals surface area contributed by atoms with E-state index in [2.05, 4.69) is 36.7 Å². The van der Waals surface area contributed by atoms with Gasteiger partial charge in [0.15, 0.2) is 5.78 Å². The Labute approximate surface area is 123 Å². The number of carbonyl (C=O) groups excluding carboxylic acids is 2. The van der Waals surface area contributed by atoms with Crippen LogP contribution < -0.4 is 16.0 Å². The Balaban J connectivity index is 4.24. The van der Waals surface area contributed by atoms with Crippen LogP contribution in [0.25, 0.3) is 0 Å². The van der Waals surface area contributed by atoms with E-state index < -0.39 is 11.0 Å². The molecule has 0 aromatic heterocycles. The van der Waals surface area contributed by atoms with Crippen molar-refractivity contribution < 1.29 is 9.59 Å². The Bertz CT molecular complexity index is 349. The monoisotopic (exact) mass is 285 g/mol. The van der Waals surface area contributed by atoms with Gasteiger partial charge >= 0.3 is 6.03 Å². The fourth-order valence-electron chi connectivity index (χ4n) is 1.94. The topological polar surface area (TPSA) is 70.2 Å². The molecule has 0 spiro atoms. The van der Waals surface area contributed by atoms with Crippen molar-refractivity contribution in [1.82, 2.24) is 16.0 Å². The lowest BCUT2D eigenvalue weighted by atomic mass is 9.80. The van der Waals surface area contributed by atoms with Gasteiger partial charge in [-0.2, -0.15) is 0 Å². The van der Waals surface area contributed by atoms with E-state index in [0.29, 0.717) is 13.1 Å². The zero-order valence-corrected chi connectivity index (χ0v) is 14.2. The number of Topliss-reactive ketones (excluding diaryl/α,β-unsaturated/α-hetero) is 1. The molecule has 5 nitrogen and oxygen atoms in total. The second-order valence-corrected chi connectivity index (χ2v) is 7.76. The minimum absolute atomic E-state index is 0.00738. The molecule has 0 saturated carbocycles. The normalized spacial score (nSPS) is 13.0. The third-order valence-electron chi connectivity index (χ3n) is 2.74. The van der Waals surface area contributed by atoms with E-state index in [1.54, 1.807) is 13.8 Å². The van der Waals surface area contributed by atoms with Gasteiger partial charge in [-0.15, -0.1) is 0 Å². The van der Waals surface area contributed by atoms with Crippen LogP contribution in [-0.4, -0.2) is 36.0 Å². The summed E-state index contributed by atoms with van der Waals surface area (Å²) in [5.41, 5.74) is -1.33. The molecule has 0 aliphatic rings. The number of ketones is 1. The lowest BCUT2D eigenvalue weighted by Crippen LogP contribution is -2.56. The summed E-state index contributed by atoms with van der Waals surface area (Å²) in [6.07, 6.45) is 0. The Hall–Kier alpha value is -1.10. The molecule has 0 unspecified atom stereocenters. The van der Waals surface area contributed by atoms with Gasteiger partial charge in [0.2, 0.25) is 0 Å². The Kier molecular flexibility index (Phi) is 6.21. The molecule has 0 radical (unpaired) electrons. The van der Waals surface area contributed by atoms with Crippen molar-refractivity contribution in [2.24, 2.45) is 5.41 Å². The quantitative estimate of drug-likeness (QED) is 0.677. The van der Waals surface area contributed by atoms with E-state index in [-0.39, 0.29) is 17.4 Å². The smallest absolute Gasteiger partial charge is 0.315 e. The van der Waals surface area contributed by atoms with Crippen LogP contribution in [0.3, 0.4) is 0 Å². The van der Waals surface area contributed by atoms with Crippen LogP contribution in [0.2, 0.25) is 0 Å². The zero-order valence-electron chi connectivity index (χ0n) is 14.2. The number of nitrogens with one attached hydrogen (secondary N) is 3. The molecule has 0 aliphatic heterocycles. The van der Waals surface area contributed by atoms with Gasteiger partial charge < -0.3 is 16.0 Å². The van der Waals surface area contributed by atoms with Crippen LogP contribution in [0.5, 0.6) is 0 Å². The highest BCUT2D eigenvalue weighted by molar-refractivity contribution is 5.95. The van der Waals surface area contributed by atoms with Gasteiger partial charge in [-0.25, -0.2) is 4.79 Å². The first-order valence-electron chi connectivity index (χ1n) is 7.12. The van der Waals surface area contributed by atoms with Crippen LogP contribution >= 0.6 is 0 Å². The summed E-state index contributed by atoms with van der Waals surface area (Å²) in [4.78, 5) is 24.0. The minimum Gasteiger partial charge on any atom is -0.337 e. The Morgan fingerprint density at radius 2 is 1.35 bits per heavy atom. The molecule has 0 aliphatic carbocycles. The molecule has 0 bridgehead atoms. The van der Waals surface area contributed by atoms with Crippen molar-refractivity contribution >= 4 is 11.8 Å². The van der Waals surface area contributed by atoms with E-state index in [0.717, 1.165) is 0 Å². The summed E-state index contributed by atoms with van der Waals surface area (Å²) in [6, 6.07) is -0.316. The molecule has 118 valence electrons. The largest absolute Gasteiger partial charge is 0.337 e. The van der Waals surface area contributed by atoms with Crippen molar-refractivity contribution in [3.8, 4) is 0 Å². The van der Waals surface area contributed by atoms with Crippen molar-refractivity contribution in [1.29, 1.82) is 0 Å². The summed E-state index contributed by atoms with van der Waals surface area (Å²) < 4.78 is 0. The molecule has 0 rings (SSSR count). The first kappa shape index (κ1) is 18.9. The molecule has 0 aromatic carbocycles. The van der Waals surface area contributed by atoms with Gasteiger partial charge in [0.05, 0.1) is 5.54 Å². The number of hydrogen-bond acceptors (Lipinski definition) is 3. The van der Waals surface area contributed by atoms with Gasteiger partial charge in [-0.05, 0) is 34.6 Å². The van der Waals surface area contributed by atoms with Gasteiger partial charge in [0, 0.05) is 24.0 Å². The molecule has 0 aromatic rings. The molecule has 0 heterocycles. The maximum atomic E-state index is 12.2. The summed E-state index contributed by atoms with van der Waals surface area (Å²) in [5, 5.41) is 8.76. The Morgan fingerprint density at radius 3 is 1.75 bits per heavy atom. The van der Waals surface area contributed by atoms with Crippen LogP contribution in [0.4, 0.5) is 4.79 Å². The van der Waals surface area contributed by atoms with Crippen LogP contribution in [0.15, 0.2) is 0 Å². The molecule has 0 fully saturated rings. The summed E-state index contributed by atoms with van der Waals surface area (Å²) >= 11 is 0. The van der Waals surface area contributed by atoms with E-state index in [1.165, 1.54) is 0 Å². The number of hydrogen-bond donors (Lipinski definition) is 3. The van der Waals surface area contributed by atoms with Crippen molar-refractivity contribution in [2.75, 3.05) is 13.1 Å². The van der Waals surface area contributed by atoms with E-state index in [9.17, 15) is 9.59 Å². The lowest BCUT2D eigenvalue weighted by molar-refractivity contribution is -0.131. The first-order chi connectivity index (χ1) is 8.76. The van der Waals surface area contributed by atoms with Gasteiger partial charge in [-0.1, -0.05) is 20.8 Å². The fourth-order valence-corrected chi connectivity index (χ4v) is 1.94. The van der Waals surface area contributed by atoms with Crippen LogP contribution in [0.1, 0.15) is 55.4 Å². The van der Waals surface area contributed by atoms with E-state index in [1.807, 2.05) is 20.8 Å². The van der Waals surface area contributed by atoms with Crippen molar-refractivity contribution in [3.05, 3.63) is 0 Å². The van der Waals surface area contributed by atoms with E-state index >= 15 is 0 Å². The SMILES string of the molecule is CC(C)(C)NCCNC(=O)NC(C)(C)C(=O)C(C)(C)C. The maximum Gasteiger partial charge on any atom is 0.315 e. The van der Waals surface area contributed by atoms with Crippen molar-refractivity contribution in [2.45, 2.75) is 66.5 Å². The van der Waals surface area contributed by atoms with Gasteiger partial charge in [0.25, 0.3) is 0 Å². The fraction of sp³-hybridized carbons (Fsp3) is 0.867. The summed E-state index contributed by atoms with van der Waals surface area (Å²) in [7, 11) is 0. The van der Waals surface area contributed by atoms with Gasteiger partial charge in [0.1, 0.15) is 0 Å². The molecule has 2 amide bonds. The lowest BCUT2D eigenvalue weighted by Gasteiger charge is -2.31. The Morgan fingerprint density at radius 1 is 0.850 bits per heavy atom. The van der Waals surface area contributed by atoms with Crippen LogP contribution in [-0.2, 0) is 4.79 Å². The number of carbonyl (C=O) groups is 2. The van der Waals surface area contributed by atoms with Crippen LogP contribution in [0, 0.1) is 5.41 Å². The third-order valence-corrected chi connectivity index (χ3v) is 2.74. The molecule has 20 heavy (non-hydrogen) atoms. The van der Waals surface area contributed by atoms with Gasteiger partial charge in [-0.3, -0.25) is 4.79 Å². The standard InChI is InChI=1S/C15H31N3O2/c1-13(2,3)11(19)15(7,8)18-12(20)16-9-10-17-14(4,5)6/h17H,9-10H2,1-8H3,(H2,16,18,20). The molecule has 3 N–H and O–H groups in total. The number of urea groups is 1. The second-order valence-electron chi connectivity index (χ2n) is 7.76. The highest BCUT2D eigenvalue weighted by atomic mass is 16.2. The summed E-state index contributed by atoms with van der Waals surface area (Å²) in [5.74, 6) is 0.00738. The average Bonchev–Trinajstić information content (AvgIpc) is 2.20. The highest BCUT2D eigenvalue weighted by Crippen LogP contribution is 2.22. The third kappa shape index (κ3) is 7.48. The molecular weight excluding hydrogens is 254 g/mol. The predicted molar refractivity (Wildman–Crippen MR) is 82.8 cm³/mol. The molecule has 5 heteroatoms.